The van der Waals surface area contributed by atoms with Crippen LogP contribution in [0, 0.1) is 0 Å². The van der Waals surface area contributed by atoms with Crippen LogP contribution in [0.1, 0.15) is 29.8 Å². The second-order valence-electron chi connectivity index (χ2n) is 8.31. The number of halogens is 2. The second-order valence-corrected chi connectivity index (χ2v) is 10.5. The van der Waals surface area contributed by atoms with E-state index in [1.807, 2.05) is 13.8 Å². The van der Waals surface area contributed by atoms with E-state index in [0.29, 0.717) is 40.8 Å². The Morgan fingerprint density at radius 3 is 2.41 bits per heavy atom. The number of fused-ring (bicyclic) bond motifs is 1. The summed E-state index contributed by atoms with van der Waals surface area (Å²) < 4.78 is 38.4. The van der Waals surface area contributed by atoms with E-state index in [4.69, 9.17) is 27.9 Å². The number of aryl methyl sites for hydroxylation is 1. The highest BCUT2D eigenvalue weighted by atomic mass is 35.5. The molecule has 0 atom stereocenters. The largest absolute Gasteiger partial charge is 0.505 e. The van der Waals surface area contributed by atoms with E-state index in [0.717, 1.165) is 6.07 Å². The first-order valence-corrected chi connectivity index (χ1v) is 13.9. The van der Waals surface area contributed by atoms with E-state index >= 15 is 0 Å². The van der Waals surface area contributed by atoms with Gasteiger partial charge in [0.25, 0.3) is 16.0 Å². The van der Waals surface area contributed by atoms with Crippen LogP contribution in [-0.2, 0) is 16.5 Å². The minimum Gasteiger partial charge on any atom is -0.505 e. The molecule has 0 aromatic heterocycles. The van der Waals surface area contributed by atoms with Crippen LogP contribution in [0.25, 0.3) is 10.8 Å². The van der Waals surface area contributed by atoms with Gasteiger partial charge in [0.15, 0.2) is 5.75 Å². The van der Waals surface area contributed by atoms with Gasteiger partial charge in [-0.3, -0.25) is 9.35 Å². The first-order chi connectivity index (χ1) is 18.5. The Kier molecular flexibility index (Phi) is 8.41. The zero-order chi connectivity index (χ0) is 28.3. The van der Waals surface area contributed by atoms with Crippen LogP contribution in [0.2, 0.25) is 10.0 Å². The number of carbonyl (C=O) groups is 1. The number of hydrogen-bond acceptors (Lipinski definition) is 7. The topological polar surface area (TPSA) is 138 Å². The van der Waals surface area contributed by atoms with Crippen molar-refractivity contribution in [3.63, 3.8) is 0 Å². The van der Waals surface area contributed by atoms with Crippen LogP contribution in [-0.4, -0.2) is 30.6 Å². The summed E-state index contributed by atoms with van der Waals surface area (Å²) in [6, 6.07) is 15.7. The number of ether oxygens (including phenoxy) is 1. The molecule has 9 nitrogen and oxygen atoms in total. The van der Waals surface area contributed by atoms with Crippen molar-refractivity contribution >= 4 is 67.1 Å². The van der Waals surface area contributed by atoms with Crippen molar-refractivity contribution in [3.05, 3.63) is 81.8 Å². The summed E-state index contributed by atoms with van der Waals surface area (Å²) in [5.74, 6) is -0.545. The Morgan fingerprint density at radius 2 is 1.74 bits per heavy atom. The number of carbonyl (C=O) groups excluding carboxylic acids is 1. The Morgan fingerprint density at radius 1 is 1.00 bits per heavy atom. The SMILES string of the molecule is CCOc1ccc(NC(=O)c2cc3ccccc3c(N=Nc3cc(S(=O)(=O)O)c(Cl)cc3CC)c2O)c(Cl)c1. The van der Waals surface area contributed by atoms with Crippen molar-refractivity contribution in [1.82, 2.24) is 0 Å². The number of hydrogen-bond donors (Lipinski definition) is 3. The Labute approximate surface area is 234 Å². The van der Waals surface area contributed by atoms with Gasteiger partial charge in [-0.2, -0.15) is 13.5 Å². The van der Waals surface area contributed by atoms with E-state index in [-0.39, 0.29) is 27.0 Å². The number of phenolic OH excluding ortho intramolecular Hbond substituents is 1. The zero-order valence-corrected chi connectivity index (χ0v) is 23.1. The first kappa shape index (κ1) is 28.3. The van der Waals surface area contributed by atoms with Gasteiger partial charge in [-0.25, -0.2) is 0 Å². The summed E-state index contributed by atoms with van der Waals surface area (Å²) in [6.07, 6.45) is 0.428. The summed E-state index contributed by atoms with van der Waals surface area (Å²) in [5.41, 5.74) is 0.889. The molecule has 4 rings (SSSR count). The van der Waals surface area contributed by atoms with Gasteiger partial charge < -0.3 is 15.2 Å². The lowest BCUT2D eigenvalue weighted by molar-refractivity contribution is 0.102. The van der Waals surface area contributed by atoms with Crippen molar-refractivity contribution in [2.24, 2.45) is 10.2 Å². The second kappa shape index (κ2) is 11.6. The predicted octanol–water partition coefficient (Wildman–Crippen LogP) is 7.73. The van der Waals surface area contributed by atoms with Gasteiger partial charge in [0.2, 0.25) is 0 Å². The van der Waals surface area contributed by atoms with E-state index in [9.17, 15) is 22.9 Å². The molecule has 202 valence electrons. The van der Waals surface area contributed by atoms with Gasteiger partial charge in [-0.15, -0.1) is 5.11 Å². The number of rotatable bonds is 8. The highest BCUT2D eigenvalue weighted by Crippen LogP contribution is 2.41. The number of anilines is 1. The minimum atomic E-state index is -4.62. The number of phenols is 1. The monoisotopic (exact) mass is 587 g/mol. The summed E-state index contributed by atoms with van der Waals surface area (Å²) in [4.78, 5) is 12.7. The average molecular weight is 588 g/mol. The Bertz CT molecular complexity index is 1720. The molecule has 0 unspecified atom stereocenters. The van der Waals surface area contributed by atoms with Gasteiger partial charge in [0.1, 0.15) is 16.3 Å². The van der Waals surface area contributed by atoms with E-state index in [2.05, 4.69) is 15.5 Å². The Hall–Kier alpha value is -3.70. The molecule has 0 aliphatic rings. The van der Waals surface area contributed by atoms with Crippen molar-refractivity contribution in [2.45, 2.75) is 25.2 Å². The molecule has 4 aromatic rings. The molecule has 4 aromatic carbocycles. The maximum absolute atomic E-state index is 13.2. The molecular weight excluding hydrogens is 565 g/mol. The fourth-order valence-corrected chi connectivity index (χ4v) is 5.16. The number of aromatic hydroxyl groups is 1. The molecule has 0 radical (unpaired) electrons. The third-order valence-corrected chi connectivity index (χ3v) is 7.42. The summed E-state index contributed by atoms with van der Waals surface area (Å²) >= 11 is 12.3. The van der Waals surface area contributed by atoms with Crippen LogP contribution in [0.5, 0.6) is 11.5 Å². The molecule has 0 heterocycles. The van der Waals surface area contributed by atoms with Gasteiger partial charge in [-0.1, -0.05) is 54.4 Å². The third-order valence-electron chi connectivity index (χ3n) is 5.79. The van der Waals surface area contributed by atoms with Crippen LogP contribution in [0.3, 0.4) is 0 Å². The number of nitrogens with zero attached hydrogens (tertiary/aromatic N) is 2. The maximum Gasteiger partial charge on any atom is 0.296 e. The smallest absolute Gasteiger partial charge is 0.296 e. The quantitative estimate of drug-likeness (QED) is 0.142. The van der Waals surface area contributed by atoms with Crippen molar-refractivity contribution in [3.8, 4) is 11.5 Å². The lowest BCUT2D eigenvalue weighted by Gasteiger charge is -2.13. The zero-order valence-electron chi connectivity index (χ0n) is 20.8. The first-order valence-electron chi connectivity index (χ1n) is 11.7. The predicted molar refractivity (Wildman–Crippen MR) is 151 cm³/mol. The van der Waals surface area contributed by atoms with E-state index in [1.54, 1.807) is 42.5 Å². The molecule has 0 spiro atoms. The lowest BCUT2D eigenvalue weighted by Crippen LogP contribution is -2.12. The van der Waals surface area contributed by atoms with Crippen LogP contribution < -0.4 is 10.1 Å². The fraction of sp³-hybridized carbons (Fsp3) is 0.148. The highest BCUT2D eigenvalue weighted by molar-refractivity contribution is 7.86. The van der Waals surface area contributed by atoms with Crippen LogP contribution in [0.15, 0.2) is 75.8 Å². The Balaban J connectivity index is 1.79. The molecule has 0 fully saturated rings. The van der Waals surface area contributed by atoms with Crippen LogP contribution in [0.4, 0.5) is 17.1 Å². The van der Waals surface area contributed by atoms with E-state index in [1.165, 1.54) is 12.1 Å². The summed E-state index contributed by atoms with van der Waals surface area (Å²) in [6.45, 7) is 4.10. The number of amides is 1. The maximum atomic E-state index is 13.2. The number of nitrogens with one attached hydrogen (secondary N) is 1. The third kappa shape index (κ3) is 6.15. The minimum absolute atomic E-state index is 0.0125. The molecule has 0 saturated carbocycles. The fourth-order valence-electron chi connectivity index (χ4n) is 3.90. The normalized spacial score (nSPS) is 11.7. The standard InChI is InChI=1S/C27H23Cl2N3O6S/c1-3-15-12-21(29)24(39(35,36)37)14-23(15)31-32-25-18-8-6-5-7-16(18)11-19(26(25)33)27(34)30-22-10-9-17(38-4-2)13-20(22)28/h5-14,33H,3-4H2,1-2H3,(H,30,34)(H,35,36,37). The molecule has 12 heteroatoms. The molecule has 39 heavy (non-hydrogen) atoms. The van der Waals surface area contributed by atoms with Crippen molar-refractivity contribution in [1.29, 1.82) is 0 Å². The number of benzene rings is 4. The van der Waals surface area contributed by atoms with E-state index < -0.39 is 26.7 Å². The van der Waals surface area contributed by atoms with Gasteiger partial charge >= 0.3 is 0 Å². The lowest BCUT2D eigenvalue weighted by atomic mass is 10.0. The molecule has 0 bridgehead atoms. The van der Waals surface area contributed by atoms with Gasteiger partial charge in [-0.05, 0) is 54.6 Å². The molecule has 0 aliphatic carbocycles. The molecular formula is C27H23Cl2N3O6S. The highest BCUT2D eigenvalue weighted by Gasteiger charge is 2.21. The molecule has 0 saturated heterocycles. The molecule has 0 aliphatic heterocycles. The van der Waals surface area contributed by atoms with Crippen LogP contribution >= 0.6 is 23.2 Å². The van der Waals surface area contributed by atoms with Gasteiger partial charge in [0, 0.05) is 11.5 Å². The van der Waals surface area contributed by atoms with Crippen molar-refractivity contribution in [2.75, 3.05) is 11.9 Å². The summed E-state index contributed by atoms with van der Waals surface area (Å²) in [5, 5.41) is 23.4. The van der Waals surface area contributed by atoms with Crippen molar-refractivity contribution < 1.29 is 27.6 Å². The average Bonchev–Trinajstić information content (AvgIpc) is 2.89. The molecule has 3 N–H and O–H groups in total. The molecule has 1 amide bonds. The van der Waals surface area contributed by atoms with Gasteiger partial charge in [0.05, 0.1) is 33.6 Å². The number of azo groups is 1. The summed E-state index contributed by atoms with van der Waals surface area (Å²) in [7, 11) is -4.62.